The lowest BCUT2D eigenvalue weighted by Gasteiger charge is -2.28. The average Bonchev–Trinajstić information content (AvgIpc) is 2.00. The van der Waals surface area contributed by atoms with Crippen molar-refractivity contribution in [2.45, 2.75) is 36.9 Å². The van der Waals surface area contributed by atoms with E-state index in [0.29, 0.717) is 0 Å². The minimum absolute atomic E-state index is 0.146. The molecule has 0 aromatic rings. The third kappa shape index (κ3) is 3.96. The highest BCUT2D eigenvalue weighted by molar-refractivity contribution is 7.33. The third-order valence-electron chi connectivity index (χ3n) is 1.73. The second-order valence-electron chi connectivity index (χ2n) is 3.06. The van der Waals surface area contributed by atoms with Gasteiger partial charge in [-0.25, -0.2) is 0 Å². The standard InChI is InChI=1S/C6H7Cl2F7Si/c7-16(8)3-1-2-4(9,10)5(11,12)6(13,14)15/h16H,1-3H2. The number of rotatable bonds is 5. The molecule has 0 aromatic carbocycles. The predicted molar refractivity (Wildman–Crippen MR) is 48.8 cm³/mol. The SMILES string of the molecule is FC(F)(F)C(F)(F)C(F)(F)CCC[SiH](Cl)Cl. The second-order valence-corrected chi connectivity index (χ2v) is 8.25. The Morgan fingerprint density at radius 1 is 0.875 bits per heavy atom. The molecule has 10 heteroatoms. The van der Waals surface area contributed by atoms with Crippen molar-refractivity contribution in [3.8, 4) is 0 Å². The summed E-state index contributed by atoms with van der Waals surface area (Å²) in [4.78, 5) is 0. The van der Waals surface area contributed by atoms with E-state index in [-0.39, 0.29) is 6.04 Å². The van der Waals surface area contributed by atoms with E-state index in [2.05, 4.69) is 0 Å². The van der Waals surface area contributed by atoms with E-state index in [9.17, 15) is 30.7 Å². The van der Waals surface area contributed by atoms with Crippen LogP contribution in [0.3, 0.4) is 0 Å². The summed E-state index contributed by atoms with van der Waals surface area (Å²) in [5.74, 6) is -11.2. The van der Waals surface area contributed by atoms with Gasteiger partial charge in [0.15, 0.2) is 0 Å². The highest BCUT2D eigenvalue weighted by Gasteiger charge is 2.72. The molecule has 0 fully saturated rings. The molecule has 0 nitrogen and oxygen atoms in total. The quantitative estimate of drug-likeness (QED) is 0.403. The molecule has 98 valence electrons. The van der Waals surface area contributed by atoms with Crippen molar-refractivity contribution in [3.05, 3.63) is 0 Å². The van der Waals surface area contributed by atoms with Crippen molar-refractivity contribution in [3.63, 3.8) is 0 Å². The van der Waals surface area contributed by atoms with Crippen molar-refractivity contribution < 1.29 is 30.7 Å². The van der Waals surface area contributed by atoms with Crippen molar-refractivity contribution in [1.29, 1.82) is 0 Å². The van der Waals surface area contributed by atoms with E-state index >= 15 is 0 Å². The molecule has 0 N–H and O–H groups in total. The van der Waals surface area contributed by atoms with E-state index < -0.39 is 38.3 Å². The Bertz CT molecular complexity index is 227. The minimum Gasteiger partial charge on any atom is -0.200 e. The molecule has 0 aliphatic heterocycles. The highest BCUT2D eigenvalue weighted by atomic mass is 35.7. The van der Waals surface area contributed by atoms with Gasteiger partial charge >= 0.3 is 18.0 Å². The zero-order valence-corrected chi connectivity index (χ0v) is 10.3. The first kappa shape index (κ1) is 16.3. The van der Waals surface area contributed by atoms with Crippen LogP contribution in [-0.4, -0.2) is 25.4 Å². The minimum atomic E-state index is -6.27. The van der Waals surface area contributed by atoms with Gasteiger partial charge in [0.1, 0.15) is 0 Å². The molecule has 0 aromatic heterocycles. The van der Waals surface area contributed by atoms with Crippen LogP contribution in [0.1, 0.15) is 12.8 Å². The summed E-state index contributed by atoms with van der Waals surface area (Å²) in [5, 5.41) is 0. The summed E-state index contributed by atoms with van der Waals surface area (Å²) in [6.07, 6.45) is -8.43. The van der Waals surface area contributed by atoms with Gasteiger partial charge in [-0.2, -0.15) is 52.9 Å². The molecule has 16 heavy (non-hydrogen) atoms. The monoisotopic (exact) mass is 310 g/mol. The second kappa shape index (κ2) is 5.30. The van der Waals surface area contributed by atoms with Crippen LogP contribution >= 0.6 is 22.2 Å². The van der Waals surface area contributed by atoms with Crippen LogP contribution < -0.4 is 0 Å². The summed E-state index contributed by atoms with van der Waals surface area (Å²) < 4.78 is 84.7. The van der Waals surface area contributed by atoms with Gasteiger partial charge < -0.3 is 0 Å². The van der Waals surface area contributed by atoms with Crippen LogP contribution in [0, 0.1) is 0 Å². The van der Waals surface area contributed by atoms with Gasteiger partial charge in [0.25, 0.3) is 0 Å². The van der Waals surface area contributed by atoms with Crippen molar-refractivity contribution in [2.24, 2.45) is 0 Å². The van der Waals surface area contributed by atoms with Gasteiger partial charge in [-0.1, -0.05) is 0 Å². The van der Waals surface area contributed by atoms with E-state index in [4.69, 9.17) is 22.2 Å². The first-order valence-corrected chi connectivity index (χ1v) is 8.33. The van der Waals surface area contributed by atoms with Crippen LogP contribution in [0.5, 0.6) is 0 Å². The lowest BCUT2D eigenvalue weighted by molar-refractivity contribution is -0.355. The molecule has 0 aliphatic carbocycles. The molecule has 0 heterocycles. The Morgan fingerprint density at radius 3 is 1.62 bits per heavy atom. The molecule has 0 bridgehead atoms. The van der Waals surface area contributed by atoms with Crippen molar-refractivity contribution in [1.82, 2.24) is 0 Å². The highest BCUT2D eigenvalue weighted by Crippen LogP contribution is 2.48. The summed E-state index contributed by atoms with van der Waals surface area (Å²) in [6.45, 7) is 0. The maximum Gasteiger partial charge on any atom is 0.459 e. The van der Waals surface area contributed by atoms with Gasteiger partial charge in [-0.3, -0.25) is 0 Å². The fraction of sp³-hybridized carbons (Fsp3) is 1.00. The lowest BCUT2D eigenvalue weighted by Crippen LogP contribution is -2.51. The van der Waals surface area contributed by atoms with Crippen LogP contribution in [0.4, 0.5) is 30.7 Å². The summed E-state index contributed by atoms with van der Waals surface area (Å²) in [6, 6.07) is -0.146. The summed E-state index contributed by atoms with van der Waals surface area (Å²) in [5.41, 5.74) is 0. The lowest BCUT2D eigenvalue weighted by atomic mass is 10.1. The zero-order chi connectivity index (χ0) is 13.2. The topological polar surface area (TPSA) is 0 Å². The molecule has 0 saturated heterocycles. The first-order chi connectivity index (χ1) is 6.92. The molecule has 0 rings (SSSR count). The fourth-order valence-electron chi connectivity index (χ4n) is 0.843. The summed E-state index contributed by atoms with van der Waals surface area (Å²) in [7, 11) is -2.27. The van der Waals surface area contributed by atoms with Crippen LogP contribution in [-0.2, 0) is 0 Å². The largest absolute Gasteiger partial charge is 0.459 e. The maximum absolute atomic E-state index is 12.6. The Kier molecular flexibility index (Phi) is 5.40. The molecular weight excluding hydrogens is 304 g/mol. The van der Waals surface area contributed by atoms with E-state index in [1.807, 2.05) is 0 Å². The van der Waals surface area contributed by atoms with Crippen LogP contribution in [0.25, 0.3) is 0 Å². The Hall–Kier alpha value is 0.307. The van der Waals surface area contributed by atoms with Gasteiger partial charge in [-0.05, 0) is 12.5 Å². The molecule has 0 atom stereocenters. The summed E-state index contributed by atoms with van der Waals surface area (Å²) >= 11 is 10.5. The van der Waals surface area contributed by atoms with Gasteiger partial charge in [0.05, 0.1) is 0 Å². The molecule has 0 radical (unpaired) electrons. The normalized spacial score (nSPS) is 14.6. The first-order valence-electron chi connectivity index (χ1n) is 4.02. The van der Waals surface area contributed by atoms with Gasteiger partial charge in [-0.15, -0.1) is 0 Å². The zero-order valence-electron chi connectivity index (χ0n) is 7.60. The fourth-order valence-corrected chi connectivity index (χ4v) is 2.28. The molecule has 0 unspecified atom stereocenters. The number of hydrogen-bond acceptors (Lipinski definition) is 0. The van der Waals surface area contributed by atoms with Gasteiger partial charge in [0.2, 0.25) is 7.42 Å². The molecule has 0 spiro atoms. The van der Waals surface area contributed by atoms with Crippen molar-refractivity contribution in [2.75, 3.05) is 0 Å². The Morgan fingerprint density at radius 2 is 1.31 bits per heavy atom. The van der Waals surface area contributed by atoms with E-state index in [1.54, 1.807) is 0 Å². The Labute approximate surface area is 97.7 Å². The predicted octanol–water partition coefficient (Wildman–Crippen LogP) is 4.30. The number of alkyl halides is 7. The van der Waals surface area contributed by atoms with Crippen molar-refractivity contribution >= 4 is 29.6 Å². The van der Waals surface area contributed by atoms with Crippen LogP contribution in [0.15, 0.2) is 0 Å². The maximum atomic E-state index is 12.6. The molecular formula is C6H7Cl2F7Si. The third-order valence-corrected chi connectivity index (χ3v) is 3.88. The average molecular weight is 311 g/mol. The Balaban J connectivity index is 4.53. The number of hydrogen-bond donors (Lipinski definition) is 0. The van der Waals surface area contributed by atoms with E-state index in [0.717, 1.165) is 0 Å². The van der Waals surface area contributed by atoms with Crippen LogP contribution in [0.2, 0.25) is 6.04 Å². The van der Waals surface area contributed by atoms with Gasteiger partial charge in [0, 0.05) is 6.42 Å². The molecule has 0 aliphatic rings. The molecule has 0 saturated carbocycles. The van der Waals surface area contributed by atoms with E-state index in [1.165, 1.54) is 0 Å². The molecule has 0 amide bonds. The smallest absolute Gasteiger partial charge is 0.200 e. The number of halogens is 9.